The Labute approximate surface area is 127 Å². The summed E-state index contributed by atoms with van der Waals surface area (Å²) >= 11 is 3.36. The highest BCUT2D eigenvalue weighted by atomic mass is 79.9. The lowest BCUT2D eigenvalue weighted by molar-refractivity contribution is 0.141. The van der Waals surface area contributed by atoms with Gasteiger partial charge in [-0.25, -0.2) is 0 Å². The van der Waals surface area contributed by atoms with Crippen molar-refractivity contribution < 1.29 is 14.9 Å². The summed E-state index contributed by atoms with van der Waals surface area (Å²) in [5.41, 5.74) is 1.04. The van der Waals surface area contributed by atoms with Gasteiger partial charge in [0, 0.05) is 38.8 Å². The summed E-state index contributed by atoms with van der Waals surface area (Å²) in [5, 5.41) is 22.6. The molecule has 1 atom stereocenters. The molecule has 6 heteroatoms. The molecular weight excluding hydrogens is 324 g/mol. The van der Waals surface area contributed by atoms with Gasteiger partial charge >= 0.3 is 0 Å². The molecule has 0 unspecified atom stereocenters. The quantitative estimate of drug-likeness (QED) is 0.755. The van der Waals surface area contributed by atoms with Gasteiger partial charge in [0.1, 0.15) is 0 Å². The van der Waals surface area contributed by atoms with Crippen molar-refractivity contribution in [3.05, 3.63) is 22.2 Å². The van der Waals surface area contributed by atoms with Gasteiger partial charge in [-0.3, -0.25) is 4.90 Å². The third-order valence-electron chi connectivity index (χ3n) is 3.65. The van der Waals surface area contributed by atoms with Crippen molar-refractivity contribution in [3.8, 4) is 11.5 Å². The number of phenolic OH excluding ortho intramolecular Hbond substituents is 1. The molecule has 112 valence electrons. The minimum atomic E-state index is 0.110. The molecule has 1 fully saturated rings. The highest BCUT2D eigenvalue weighted by Crippen LogP contribution is 2.38. The topological polar surface area (TPSA) is 65.0 Å². The number of aliphatic hydroxyl groups excluding tert-OH is 1. The normalized spacial score (nSPS) is 17.9. The van der Waals surface area contributed by atoms with Gasteiger partial charge in [0.15, 0.2) is 11.5 Å². The van der Waals surface area contributed by atoms with Crippen LogP contribution in [0.2, 0.25) is 0 Å². The summed E-state index contributed by atoms with van der Waals surface area (Å²) in [6.45, 7) is 3.95. The lowest BCUT2D eigenvalue weighted by atomic mass is 10.0. The van der Waals surface area contributed by atoms with E-state index in [1.54, 1.807) is 0 Å². The van der Waals surface area contributed by atoms with E-state index in [2.05, 4.69) is 26.1 Å². The average Bonchev–Trinajstić information content (AvgIpc) is 2.48. The van der Waals surface area contributed by atoms with Crippen molar-refractivity contribution in [1.29, 1.82) is 0 Å². The van der Waals surface area contributed by atoms with Crippen molar-refractivity contribution >= 4 is 15.9 Å². The number of piperazine rings is 1. The number of nitrogens with zero attached hydrogens (tertiary/aromatic N) is 1. The second-order valence-corrected chi connectivity index (χ2v) is 5.72. The van der Waals surface area contributed by atoms with Gasteiger partial charge in [-0.1, -0.05) is 0 Å². The van der Waals surface area contributed by atoms with Crippen molar-refractivity contribution in [2.75, 3.05) is 39.9 Å². The number of nitrogens with one attached hydrogen (secondary N) is 1. The van der Waals surface area contributed by atoms with Crippen LogP contribution >= 0.6 is 15.9 Å². The molecule has 1 saturated heterocycles. The highest BCUT2D eigenvalue weighted by Gasteiger charge is 2.23. The lowest BCUT2D eigenvalue weighted by Gasteiger charge is -2.35. The Kier molecular flexibility index (Phi) is 5.65. The molecule has 5 nitrogen and oxygen atoms in total. The summed E-state index contributed by atoms with van der Waals surface area (Å²) in [6, 6.07) is 3.88. The van der Waals surface area contributed by atoms with Crippen LogP contribution < -0.4 is 10.1 Å². The smallest absolute Gasteiger partial charge is 0.172 e. The molecule has 0 aromatic heterocycles. The van der Waals surface area contributed by atoms with E-state index in [-0.39, 0.29) is 18.4 Å². The number of halogens is 1. The molecule has 0 bridgehead atoms. The van der Waals surface area contributed by atoms with Crippen LogP contribution in [-0.4, -0.2) is 55.0 Å². The van der Waals surface area contributed by atoms with E-state index >= 15 is 0 Å². The Bertz CT molecular complexity index is 450. The first kappa shape index (κ1) is 15.6. The van der Waals surface area contributed by atoms with E-state index in [0.717, 1.165) is 31.7 Å². The summed E-state index contributed by atoms with van der Waals surface area (Å²) in [7, 11) is 1.54. The first-order valence-corrected chi connectivity index (χ1v) is 7.58. The molecule has 0 radical (unpaired) electrons. The summed E-state index contributed by atoms with van der Waals surface area (Å²) in [6.07, 6.45) is 0.667. The summed E-state index contributed by atoms with van der Waals surface area (Å²) < 4.78 is 5.82. The van der Waals surface area contributed by atoms with Crippen molar-refractivity contribution in [2.45, 2.75) is 12.5 Å². The molecule has 1 heterocycles. The van der Waals surface area contributed by atoms with Crippen LogP contribution in [0.15, 0.2) is 16.6 Å². The molecule has 20 heavy (non-hydrogen) atoms. The van der Waals surface area contributed by atoms with Crippen LogP contribution in [0.3, 0.4) is 0 Å². The van der Waals surface area contributed by atoms with Crippen molar-refractivity contribution in [3.63, 3.8) is 0 Å². The average molecular weight is 345 g/mol. The predicted octanol–water partition coefficient (Wildman–Crippen LogP) is 1.49. The Hall–Kier alpha value is -0.820. The van der Waals surface area contributed by atoms with Crippen LogP contribution in [0.5, 0.6) is 11.5 Å². The SMILES string of the molecule is COc1cc([C@@H](CCO)N2CCNCC2)cc(Br)c1O. The third kappa shape index (κ3) is 3.44. The fraction of sp³-hybridized carbons (Fsp3) is 0.571. The second-order valence-electron chi connectivity index (χ2n) is 4.87. The molecule has 0 amide bonds. The number of phenols is 1. The number of aliphatic hydroxyl groups is 1. The molecule has 1 aliphatic heterocycles. The fourth-order valence-electron chi connectivity index (χ4n) is 2.62. The maximum atomic E-state index is 9.90. The Balaban J connectivity index is 2.30. The number of rotatable bonds is 5. The van der Waals surface area contributed by atoms with Gasteiger partial charge < -0.3 is 20.3 Å². The minimum Gasteiger partial charge on any atom is -0.503 e. The maximum Gasteiger partial charge on any atom is 0.172 e. The minimum absolute atomic E-state index is 0.110. The van der Waals surface area contributed by atoms with Gasteiger partial charge in [-0.15, -0.1) is 0 Å². The third-order valence-corrected chi connectivity index (χ3v) is 4.25. The van der Waals surface area contributed by atoms with E-state index in [1.165, 1.54) is 7.11 Å². The van der Waals surface area contributed by atoms with Gasteiger partial charge in [-0.05, 0) is 40.0 Å². The van der Waals surface area contributed by atoms with E-state index in [1.807, 2.05) is 12.1 Å². The zero-order valence-electron chi connectivity index (χ0n) is 11.6. The number of benzene rings is 1. The van der Waals surface area contributed by atoms with Gasteiger partial charge in [0.05, 0.1) is 11.6 Å². The number of methoxy groups -OCH3 is 1. The number of hydrogen-bond donors (Lipinski definition) is 3. The number of aromatic hydroxyl groups is 1. The largest absolute Gasteiger partial charge is 0.503 e. The molecule has 1 aliphatic rings. The predicted molar refractivity (Wildman–Crippen MR) is 81.2 cm³/mol. The summed E-state index contributed by atoms with van der Waals surface area (Å²) in [4.78, 5) is 2.35. The molecule has 0 aliphatic carbocycles. The highest BCUT2D eigenvalue weighted by molar-refractivity contribution is 9.10. The monoisotopic (exact) mass is 344 g/mol. The number of hydrogen-bond acceptors (Lipinski definition) is 5. The van der Waals surface area contributed by atoms with Crippen molar-refractivity contribution in [2.24, 2.45) is 0 Å². The van der Waals surface area contributed by atoms with Gasteiger partial charge in [-0.2, -0.15) is 0 Å². The first-order valence-electron chi connectivity index (χ1n) is 6.79. The zero-order valence-corrected chi connectivity index (χ0v) is 13.2. The lowest BCUT2D eigenvalue weighted by Crippen LogP contribution is -2.45. The molecule has 3 N–H and O–H groups in total. The molecule has 0 saturated carbocycles. The Morgan fingerprint density at radius 2 is 2.10 bits per heavy atom. The van der Waals surface area contributed by atoms with E-state index < -0.39 is 0 Å². The first-order chi connectivity index (χ1) is 9.67. The Morgan fingerprint density at radius 1 is 1.40 bits per heavy atom. The molecular formula is C14H21BrN2O3. The van der Waals surface area contributed by atoms with Crippen LogP contribution in [0.4, 0.5) is 0 Å². The molecule has 1 aromatic rings. The standard InChI is InChI=1S/C14H21BrN2O3/c1-20-13-9-10(8-11(15)14(13)19)12(2-7-18)17-5-3-16-4-6-17/h8-9,12,16,18-19H,2-7H2,1H3/t12-/m1/s1. The van der Waals surface area contributed by atoms with E-state index in [4.69, 9.17) is 4.74 Å². The van der Waals surface area contributed by atoms with Gasteiger partial charge in [0.2, 0.25) is 0 Å². The molecule has 2 rings (SSSR count). The molecule has 0 spiro atoms. The van der Waals surface area contributed by atoms with E-state index in [0.29, 0.717) is 16.6 Å². The Morgan fingerprint density at radius 3 is 2.70 bits per heavy atom. The van der Waals surface area contributed by atoms with Crippen LogP contribution in [0.1, 0.15) is 18.0 Å². The maximum absolute atomic E-state index is 9.90. The van der Waals surface area contributed by atoms with Gasteiger partial charge in [0.25, 0.3) is 0 Å². The van der Waals surface area contributed by atoms with Crippen LogP contribution in [0.25, 0.3) is 0 Å². The molecule has 1 aromatic carbocycles. The van der Waals surface area contributed by atoms with Crippen molar-refractivity contribution in [1.82, 2.24) is 10.2 Å². The second kappa shape index (κ2) is 7.26. The van der Waals surface area contributed by atoms with E-state index in [9.17, 15) is 10.2 Å². The summed E-state index contributed by atoms with van der Waals surface area (Å²) in [5.74, 6) is 0.562. The number of ether oxygens (including phenoxy) is 1. The zero-order chi connectivity index (χ0) is 14.5. The van der Waals surface area contributed by atoms with Crippen LogP contribution in [0, 0.1) is 0 Å². The fourth-order valence-corrected chi connectivity index (χ4v) is 3.08. The van der Waals surface area contributed by atoms with Crippen LogP contribution in [-0.2, 0) is 0 Å².